The maximum absolute atomic E-state index is 13.2. The first-order valence-corrected chi connectivity index (χ1v) is 14.4. The van der Waals surface area contributed by atoms with Gasteiger partial charge in [0.15, 0.2) is 0 Å². The predicted molar refractivity (Wildman–Crippen MR) is 160 cm³/mol. The first-order valence-electron chi connectivity index (χ1n) is 14.4. The van der Waals surface area contributed by atoms with Crippen molar-refractivity contribution >= 4 is 22.2 Å². The molecule has 0 spiro atoms. The van der Waals surface area contributed by atoms with Gasteiger partial charge in [0.1, 0.15) is 5.82 Å². The maximum Gasteiger partial charge on any atom is 0.123 e. The van der Waals surface area contributed by atoms with Gasteiger partial charge < -0.3 is 9.88 Å². The van der Waals surface area contributed by atoms with Crippen molar-refractivity contribution in [3.05, 3.63) is 83.8 Å². The molecule has 1 aliphatic rings. The van der Waals surface area contributed by atoms with Gasteiger partial charge in [-0.15, -0.1) is 0 Å². The first-order chi connectivity index (χ1) is 17.9. The van der Waals surface area contributed by atoms with Crippen molar-refractivity contribution in [3.8, 4) is 0 Å². The molecule has 1 aliphatic heterocycles. The highest BCUT2D eigenvalue weighted by Crippen LogP contribution is 2.34. The molecule has 2 heterocycles. The van der Waals surface area contributed by atoms with E-state index in [9.17, 15) is 4.39 Å². The second-order valence-electron chi connectivity index (χ2n) is 10.7. The van der Waals surface area contributed by atoms with Crippen LogP contribution >= 0.6 is 0 Å². The molecule has 200 valence electrons. The Hall–Kier alpha value is -2.81. The summed E-state index contributed by atoms with van der Waals surface area (Å²) >= 11 is 0. The fraction of sp³-hybridized carbons (Fsp3) is 0.471. The SMILES string of the molecule is C=C(CCCCCC)c1c[nH]c2cc(C)c(C(=C)N3CCC(Cc4ccc(F)cc4)CC3)cc12.CCC. The van der Waals surface area contributed by atoms with E-state index >= 15 is 0 Å². The van der Waals surface area contributed by atoms with Crippen molar-refractivity contribution in [1.82, 2.24) is 9.88 Å². The predicted octanol–water partition coefficient (Wildman–Crippen LogP) is 9.94. The number of allylic oxidation sites excluding steroid dienone is 1. The number of benzene rings is 2. The average molecular weight is 503 g/mol. The number of aromatic nitrogens is 1. The molecule has 37 heavy (non-hydrogen) atoms. The maximum atomic E-state index is 13.2. The molecule has 1 saturated heterocycles. The highest BCUT2D eigenvalue weighted by atomic mass is 19.1. The molecule has 0 atom stereocenters. The molecular weight excluding hydrogens is 455 g/mol. The number of aryl methyl sites for hydroxylation is 1. The Bertz CT molecular complexity index is 1150. The van der Waals surface area contributed by atoms with Crippen molar-refractivity contribution in [3.63, 3.8) is 0 Å². The second-order valence-corrected chi connectivity index (χ2v) is 10.7. The van der Waals surface area contributed by atoms with E-state index in [1.807, 2.05) is 12.1 Å². The van der Waals surface area contributed by atoms with Crippen molar-refractivity contribution in [2.45, 2.75) is 85.5 Å². The van der Waals surface area contributed by atoms with Crippen molar-refractivity contribution in [2.75, 3.05) is 13.1 Å². The largest absolute Gasteiger partial charge is 0.372 e. The number of hydrogen-bond acceptors (Lipinski definition) is 1. The molecule has 1 N–H and O–H groups in total. The number of fused-ring (bicyclic) bond motifs is 1. The molecule has 1 fully saturated rings. The van der Waals surface area contributed by atoms with E-state index in [0.717, 1.165) is 44.5 Å². The summed E-state index contributed by atoms with van der Waals surface area (Å²) in [6, 6.07) is 11.6. The molecule has 0 bridgehead atoms. The summed E-state index contributed by atoms with van der Waals surface area (Å²) in [5, 5.41) is 1.26. The molecule has 0 radical (unpaired) electrons. The summed E-state index contributed by atoms with van der Waals surface area (Å²) in [5.41, 5.74) is 8.51. The smallest absolute Gasteiger partial charge is 0.123 e. The number of aromatic amines is 1. The first kappa shape index (κ1) is 28.8. The summed E-state index contributed by atoms with van der Waals surface area (Å²) < 4.78 is 13.2. The standard InChI is InChI=1S/C31H39FN2.C3H8/c1-5-6-7-8-9-22(2)30-21-33-31-18-23(3)28(20-29(30)31)24(4)34-16-14-26(15-17-34)19-25-10-12-27(32)13-11-25;1-3-2/h10-13,18,20-21,26,33H,2,4-9,14-17,19H2,1,3H3;3H2,1-2H3. The number of nitrogens with one attached hydrogen (secondary N) is 1. The second kappa shape index (κ2) is 14.2. The van der Waals surface area contributed by atoms with Crippen LogP contribution in [0.5, 0.6) is 0 Å². The Kier molecular flexibility index (Phi) is 11.0. The Labute approximate surface area is 224 Å². The number of H-pyrrole nitrogens is 1. The monoisotopic (exact) mass is 502 g/mol. The summed E-state index contributed by atoms with van der Waals surface area (Å²) in [5.74, 6) is 0.484. The van der Waals surface area contributed by atoms with Crippen LogP contribution in [0.3, 0.4) is 0 Å². The minimum atomic E-state index is -0.159. The molecule has 0 aliphatic carbocycles. The van der Waals surface area contributed by atoms with Crippen molar-refractivity contribution in [2.24, 2.45) is 5.92 Å². The van der Waals surface area contributed by atoms with Gasteiger partial charge in [-0.3, -0.25) is 0 Å². The zero-order chi connectivity index (χ0) is 26.8. The van der Waals surface area contributed by atoms with Crippen LogP contribution in [-0.2, 0) is 6.42 Å². The van der Waals surface area contributed by atoms with Crippen LogP contribution in [0, 0.1) is 18.7 Å². The van der Waals surface area contributed by atoms with Crippen LogP contribution in [0.25, 0.3) is 22.2 Å². The van der Waals surface area contributed by atoms with Gasteiger partial charge in [-0.1, -0.05) is 71.7 Å². The van der Waals surface area contributed by atoms with E-state index in [1.54, 1.807) is 12.1 Å². The van der Waals surface area contributed by atoms with Crippen LogP contribution in [0.15, 0.2) is 55.8 Å². The van der Waals surface area contributed by atoms with Crippen LogP contribution in [0.2, 0.25) is 0 Å². The zero-order valence-corrected chi connectivity index (χ0v) is 23.6. The molecule has 1 aromatic heterocycles. The van der Waals surface area contributed by atoms with E-state index in [1.165, 1.54) is 70.8 Å². The number of unbranched alkanes of at least 4 members (excludes halogenated alkanes) is 3. The molecule has 0 unspecified atom stereocenters. The summed E-state index contributed by atoms with van der Waals surface area (Å²) in [7, 11) is 0. The summed E-state index contributed by atoms with van der Waals surface area (Å²) in [6.07, 6.45) is 12.8. The molecule has 0 saturated carbocycles. The van der Waals surface area contributed by atoms with E-state index in [0.29, 0.717) is 5.92 Å². The fourth-order valence-corrected chi connectivity index (χ4v) is 5.31. The van der Waals surface area contributed by atoms with Gasteiger partial charge in [-0.25, -0.2) is 4.39 Å². The van der Waals surface area contributed by atoms with E-state index in [2.05, 4.69) is 69.1 Å². The zero-order valence-electron chi connectivity index (χ0n) is 23.6. The molecule has 2 aromatic carbocycles. The van der Waals surface area contributed by atoms with E-state index < -0.39 is 0 Å². The van der Waals surface area contributed by atoms with Gasteiger partial charge in [0.25, 0.3) is 0 Å². The molecule has 3 aromatic rings. The lowest BCUT2D eigenvalue weighted by Crippen LogP contribution is -2.33. The topological polar surface area (TPSA) is 19.0 Å². The number of piperidine rings is 1. The third kappa shape index (κ3) is 7.84. The number of likely N-dealkylation sites (tertiary alicyclic amines) is 1. The Morgan fingerprint density at radius 2 is 1.65 bits per heavy atom. The lowest BCUT2D eigenvalue weighted by molar-refractivity contribution is 0.254. The highest BCUT2D eigenvalue weighted by Gasteiger charge is 2.22. The van der Waals surface area contributed by atoms with Crippen LogP contribution < -0.4 is 0 Å². The molecule has 2 nitrogen and oxygen atoms in total. The third-order valence-electron chi connectivity index (χ3n) is 7.48. The van der Waals surface area contributed by atoms with Gasteiger partial charge in [0.2, 0.25) is 0 Å². The minimum absolute atomic E-state index is 0.159. The average Bonchev–Trinajstić information content (AvgIpc) is 3.30. The van der Waals surface area contributed by atoms with Gasteiger partial charge in [-0.2, -0.15) is 0 Å². The summed E-state index contributed by atoms with van der Waals surface area (Å²) in [4.78, 5) is 5.91. The molecule has 0 amide bonds. The fourth-order valence-electron chi connectivity index (χ4n) is 5.31. The van der Waals surface area contributed by atoms with Crippen LogP contribution in [0.4, 0.5) is 4.39 Å². The van der Waals surface area contributed by atoms with E-state index in [-0.39, 0.29) is 5.82 Å². The summed E-state index contributed by atoms with van der Waals surface area (Å²) in [6.45, 7) is 19.6. The lowest BCUT2D eigenvalue weighted by atomic mass is 9.89. The van der Waals surface area contributed by atoms with Gasteiger partial charge >= 0.3 is 0 Å². The van der Waals surface area contributed by atoms with Gasteiger partial charge in [0.05, 0.1) is 0 Å². The Morgan fingerprint density at radius 3 is 2.30 bits per heavy atom. The lowest BCUT2D eigenvalue weighted by Gasteiger charge is -2.35. The number of rotatable bonds is 10. The van der Waals surface area contributed by atoms with Crippen LogP contribution in [-0.4, -0.2) is 23.0 Å². The van der Waals surface area contributed by atoms with Crippen LogP contribution in [0.1, 0.15) is 94.4 Å². The normalized spacial score (nSPS) is 13.9. The van der Waals surface area contributed by atoms with Crippen molar-refractivity contribution < 1.29 is 4.39 Å². The minimum Gasteiger partial charge on any atom is -0.372 e. The Morgan fingerprint density at radius 1 is 0.973 bits per heavy atom. The molecular formula is C34H47FN2. The number of hydrogen-bond donors (Lipinski definition) is 1. The Balaban J connectivity index is 0.00000121. The molecule has 3 heteroatoms. The molecule has 4 rings (SSSR count). The quantitative estimate of drug-likeness (QED) is 0.273. The van der Waals surface area contributed by atoms with Gasteiger partial charge in [0, 0.05) is 47.0 Å². The number of halogens is 1. The van der Waals surface area contributed by atoms with E-state index in [4.69, 9.17) is 0 Å². The van der Waals surface area contributed by atoms with Gasteiger partial charge in [-0.05, 0) is 85.9 Å². The third-order valence-corrected chi connectivity index (χ3v) is 7.48. The number of nitrogens with zero attached hydrogens (tertiary/aromatic N) is 1. The highest BCUT2D eigenvalue weighted by molar-refractivity contribution is 5.94. The van der Waals surface area contributed by atoms with Crippen molar-refractivity contribution in [1.29, 1.82) is 0 Å².